The van der Waals surface area contributed by atoms with Gasteiger partial charge in [0.05, 0.1) is 6.54 Å². The van der Waals surface area contributed by atoms with Crippen molar-refractivity contribution in [3.8, 4) is 11.5 Å². The molecule has 1 saturated heterocycles. The number of anilines is 1. The van der Waals surface area contributed by atoms with Crippen molar-refractivity contribution in [2.45, 2.75) is 38.0 Å². The number of carbonyl (C=O) groups is 1. The highest BCUT2D eigenvalue weighted by molar-refractivity contribution is 5.80. The standard InChI is InChI=1S/C19H22F2N4O2/c20-16(21)9-12-7-8-25(11-12)17(26)10-22-19-24-23-18(27-19)15-5-3-14(4-6-15)13-1-2-13/h3-6,12-13,16H,1-2,7-11H2,(H,22,24). The summed E-state index contributed by atoms with van der Waals surface area (Å²) in [5.41, 5.74) is 2.17. The van der Waals surface area contributed by atoms with Crippen molar-refractivity contribution in [3.63, 3.8) is 0 Å². The Morgan fingerprint density at radius 3 is 2.70 bits per heavy atom. The Kier molecular flexibility index (Phi) is 5.05. The second kappa shape index (κ2) is 7.62. The Morgan fingerprint density at radius 2 is 2.00 bits per heavy atom. The maximum Gasteiger partial charge on any atom is 0.316 e. The van der Waals surface area contributed by atoms with Crippen molar-refractivity contribution < 1.29 is 18.0 Å². The first-order valence-electron chi connectivity index (χ1n) is 9.32. The van der Waals surface area contributed by atoms with E-state index >= 15 is 0 Å². The molecule has 2 heterocycles. The molecule has 4 rings (SSSR count). The lowest BCUT2D eigenvalue weighted by molar-refractivity contribution is -0.128. The van der Waals surface area contributed by atoms with Gasteiger partial charge in [0.1, 0.15) is 0 Å². The predicted molar refractivity (Wildman–Crippen MR) is 95.5 cm³/mol. The molecule has 1 saturated carbocycles. The third kappa shape index (κ3) is 4.43. The molecule has 0 bridgehead atoms. The number of carbonyl (C=O) groups excluding carboxylic acids is 1. The number of hydrogen-bond donors (Lipinski definition) is 1. The molecule has 1 aliphatic heterocycles. The van der Waals surface area contributed by atoms with Crippen molar-refractivity contribution in [1.29, 1.82) is 0 Å². The van der Waals surface area contributed by atoms with Gasteiger partial charge in [-0.15, -0.1) is 5.10 Å². The number of aromatic nitrogens is 2. The summed E-state index contributed by atoms with van der Waals surface area (Å²) in [4.78, 5) is 13.8. The average Bonchev–Trinajstić information content (AvgIpc) is 3.22. The number of halogens is 2. The molecule has 1 aromatic carbocycles. The largest absolute Gasteiger partial charge is 0.403 e. The topological polar surface area (TPSA) is 71.3 Å². The highest BCUT2D eigenvalue weighted by atomic mass is 19.3. The van der Waals surface area contributed by atoms with Crippen LogP contribution < -0.4 is 5.32 Å². The van der Waals surface area contributed by atoms with Gasteiger partial charge in [0, 0.05) is 25.1 Å². The van der Waals surface area contributed by atoms with Crippen LogP contribution in [-0.4, -0.2) is 47.1 Å². The smallest absolute Gasteiger partial charge is 0.316 e. The summed E-state index contributed by atoms with van der Waals surface area (Å²) < 4.78 is 30.5. The summed E-state index contributed by atoms with van der Waals surface area (Å²) >= 11 is 0. The molecule has 0 radical (unpaired) electrons. The normalized spacial score (nSPS) is 19.7. The van der Waals surface area contributed by atoms with Gasteiger partial charge in [-0.3, -0.25) is 4.79 Å². The SMILES string of the molecule is O=C(CNc1nnc(-c2ccc(C3CC3)cc2)o1)N1CCC(CC(F)F)C1. The fraction of sp³-hybridized carbons (Fsp3) is 0.526. The van der Waals surface area contributed by atoms with Gasteiger partial charge in [-0.05, 0) is 48.8 Å². The Bertz CT molecular complexity index is 789. The fourth-order valence-electron chi connectivity index (χ4n) is 3.49. The first kappa shape index (κ1) is 17.9. The van der Waals surface area contributed by atoms with Crippen LogP contribution in [0.25, 0.3) is 11.5 Å². The number of likely N-dealkylation sites (tertiary alicyclic amines) is 1. The van der Waals surface area contributed by atoms with Gasteiger partial charge in [-0.2, -0.15) is 0 Å². The average molecular weight is 376 g/mol. The van der Waals surface area contributed by atoms with Crippen molar-refractivity contribution in [2.75, 3.05) is 25.0 Å². The molecule has 2 aliphatic rings. The molecular weight excluding hydrogens is 354 g/mol. The van der Waals surface area contributed by atoms with E-state index in [0.717, 1.165) is 5.56 Å². The van der Waals surface area contributed by atoms with Crippen LogP contribution in [0.1, 0.15) is 37.2 Å². The van der Waals surface area contributed by atoms with Gasteiger partial charge in [0.25, 0.3) is 0 Å². The monoisotopic (exact) mass is 376 g/mol. The van der Waals surface area contributed by atoms with Crippen molar-refractivity contribution in [2.24, 2.45) is 5.92 Å². The predicted octanol–water partition coefficient (Wildman–Crippen LogP) is 3.53. The van der Waals surface area contributed by atoms with E-state index in [1.54, 1.807) is 4.90 Å². The van der Waals surface area contributed by atoms with Crippen molar-refractivity contribution in [3.05, 3.63) is 29.8 Å². The van der Waals surface area contributed by atoms with Gasteiger partial charge in [0.2, 0.25) is 18.2 Å². The second-order valence-electron chi connectivity index (χ2n) is 7.28. The molecule has 0 spiro atoms. The summed E-state index contributed by atoms with van der Waals surface area (Å²) in [6, 6.07) is 8.26. The molecule has 2 aromatic rings. The molecule has 1 aromatic heterocycles. The van der Waals surface area contributed by atoms with E-state index in [1.165, 1.54) is 18.4 Å². The zero-order valence-electron chi connectivity index (χ0n) is 14.9. The van der Waals surface area contributed by atoms with E-state index in [4.69, 9.17) is 4.42 Å². The van der Waals surface area contributed by atoms with Crippen LogP contribution in [0.4, 0.5) is 14.8 Å². The summed E-state index contributed by atoms with van der Waals surface area (Å²) in [6.45, 7) is 0.900. The first-order chi connectivity index (χ1) is 13.1. The van der Waals surface area contributed by atoms with Crippen LogP contribution >= 0.6 is 0 Å². The van der Waals surface area contributed by atoms with Crippen LogP contribution in [0.15, 0.2) is 28.7 Å². The third-order valence-corrected chi connectivity index (χ3v) is 5.17. The van der Waals surface area contributed by atoms with Gasteiger partial charge in [-0.25, -0.2) is 8.78 Å². The molecule has 8 heteroatoms. The number of benzene rings is 1. The molecule has 1 amide bonds. The summed E-state index contributed by atoms with van der Waals surface area (Å²) in [5, 5.41) is 10.8. The summed E-state index contributed by atoms with van der Waals surface area (Å²) in [7, 11) is 0. The number of alkyl halides is 2. The number of amides is 1. The first-order valence-corrected chi connectivity index (χ1v) is 9.32. The van der Waals surface area contributed by atoms with Crippen molar-refractivity contribution >= 4 is 11.9 Å². The number of hydrogen-bond acceptors (Lipinski definition) is 5. The lowest BCUT2D eigenvalue weighted by Crippen LogP contribution is -2.34. The number of rotatable bonds is 7. The molecule has 2 fully saturated rings. The minimum atomic E-state index is -2.32. The molecule has 144 valence electrons. The molecule has 1 atom stereocenters. The maximum absolute atomic E-state index is 12.4. The summed E-state index contributed by atoms with van der Waals surface area (Å²) in [6.07, 6.45) is 0.656. The molecule has 27 heavy (non-hydrogen) atoms. The Morgan fingerprint density at radius 1 is 1.22 bits per heavy atom. The van der Waals surface area contributed by atoms with E-state index in [9.17, 15) is 13.6 Å². The number of nitrogens with zero attached hydrogens (tertiary/aromatic N) is 3. The van der Waals surface area contributed by atoms with Crippen LogP contribution in [0.3, 0.4) is 0 Å². The minimum absolute atomic E-state index is 0.00362. The minimum Gasteiger partial charge on any atom is -0.403 e. The Labute approximate surface area is 155 Å². The highest BCUT2D eigenvalue weighted by Gasteiger charge is 2.28. The van der Waals surface area contributed by atoms with Crippen LogP contribution in [0, 0.1) is 5.92 Å². The molecule has 1 aliphatic carbocycles. The third-order valence-electron chi connectivity index (χ3n) is 5.17. The van der Waals surface area contributed by atoms with Gasteiger partial charge < -0.3 is 14.6 Å². The van der Waals surface area contributed by atoms with E-state index in [-0.39, 0.29) is 30.8 Å². The van der Waals surface area contributed by atoms with Gasteiger partial charge in [0.15, 0.2) is 0 Å². The number of nitrogens with one attached hydrogen (secondary N) is 1. The highest BCUT2D eigenvalue weighted by Crippen LogP contribution is 2.40. The Balaban J connectivity index is 1.28. The lowest BCUT2D eigenvalue weighted by atomic mass is 10.1. The van der Waals surface area contributed by atoms with E-state index in [2.05, 4.69) is 27.6 Å². The van der Waals surface area contributed by atoms with Crippen LogP contribution in [-0.2, 0) is 4.79 Å². The van der Waals surface area contributed by atoms with Gasteiger partial charge in [-0.1, -0.05) is 17.2 Å². The molecule has 6 nitrogen and oxygen atoms in total. The quantitative estimate of drug-likeness (QED) is 0.800. The Hall–Kier alpha value is -2.51. The van der Waals surface area contributed by atoms with E-state index in [0.29, 0.717) is 31.3 Å². The zero-order valence-corrected chi connectivity index (χ0v) is 14.9. The van der Waals surface area contributed by atoms with E-state index in [1.807, 2.05) is 12.1 Å². The fourth-order valence-corrected chi connectivity index (χ4v) is 3.49. The molecular formula is C19H22F2N4O2. The maximum atomic E-state index is 12.4. The second-order valence-corrected chi connectivity index (χ2v) is 7.28. The van der Waals surface area contributed by atoms with E-state index < -0.39 is 6.43 Å². The summed E-state index contributed by atoms with van der Waals surface area (Å²) in [5.74, 6) is 0.809. The van der Waals surface area contributed by atoms with Crippen LogP contribution in [0.5, 0.6) is 0 Å². The molecule has 1 N–H and O–H groups in total. The van der Waals surface area contributed by atoms with Crippen molar-refractivity contribution in [1.82, 2.24) is 15.1 Å². The zero-order chi connectivity index (χ0) is 18.8. The molecule has 1 unspecified atom stereocenters. The lowest BCUT2D eigenvalue weighted by Gasteiger charge is -2.16. The van der Waals surface area contributed by atoms with Gasteiger partial charge >= 0.3 is 6.01 Å². The van der Waals surface area contributed by atoms with Crippen LogP contribution in [0.2, 0.25) is 0 Å².